The first-order valence-electron chi connectivity index (χ1n) is 6.64. The molecule has 1 N–H and O–H groups in total. The molecule has 0 aromatic carbocycles. The van der Waals surface area contributed by atoms with Gasteiger partial charge in [-0.3, -0.25) is 0 Å². The van der Waals surface area contributed by atoms with Crippen LogP contribution in [0, 0.1) is 0 Å². The number of thiophene rings is 1. The van der Waals surface area contributed by atoms with Crippen LogP contribution in [0.4, 0.5) is 5.82 Å². The second kappa shape index (κ2) is 7.57. The fraction of sp³-hybridized carbons (Fsp3) is 0.429. The van der Waals surface area contributed by atoms with Crippen LogP contribution in [0.25, 0.3) is 0 Å². The number of hydrogen-bond donors (Lipinski definition) is 1. The molecule has 0 aliphatic carbocycles. The van der Waals surface area contributed by atoms with E-state index in [1.165, 1.54) is 9.75 Å². The molecule has 4 nitrogen and oxygen atoms in total. The Hall–Kier alpha value is -1.17. The summed E-state index contributed by atoms with van der Waals surface area (Å²) in [5, 5.41) is 3.70. The van der Waals surface area contributed by atoms with Gasteiger partial charge in [-0.1, -0.05) is 18.5 Å². The van der Waals surface area contributed by atoms with Crippen molar-refractivity contribution in [3.8, 4) is 0 Å². The van der Waals surface area contributed by atoms with Crippen LogP contribution in [0.2, 0.25) is 5.15 Å². The Morgan fingerprint density at radius 2 is 2.05 bits per heavy atom. The second-order valence-electron chi connectivity index (χ2n) is 4.20. The number of halogens is 1. The van der Waals surface area contributed by atoms with E-state index in [-0.39, 0.29) is 0 Å². The van der Waals surface area contributed by atoms with E-state index in [0.717, 1.165) is 18.8 Å². The molecule has 0 amide bonds. The second-order valence-corrected chi connectivity index (χ2v) is 5.84. The Morgan fingerprint density at radius 3 is 2.75 bits per heavy atom. The van der Waals surface area contributed by atoms with Gasteiger partial charge in [0.05, 0.1) is 6.54 Å². The van der Waals surface area contributed by atoms with Crippen LogP contribution in [-0.2, 0) is 24.3 Å². The fourth-order valence-electron chi connectivity index (χ4n) is 1.70. The van der Waals surface area contributed by atoms with Crippen molar-refractivity contribution in [3.63, 3.8) is 0 Å². The Kier molecular flexibility index (Phi) is 5.76. The zero-order valence-corrected chi connectivity index (χ0v) is 13.2. The molecule has 2 heterocycles. The standard InChI is InChI=1S/C14H18ClN3OS/c1-3-10-5-6-11(20-10)8-16-13-7-12(15)17-14(18-13)9-19-4-2/h5-7H,3-4,8-9H2,1-2H3,(H,16,17,18). The minimum Gasteiger partial charge on any atom is -0.374 e. The van der Waals surface area contributed by atoms with E-state index in [2.05, 4.69) is 34.3 Å². The van der Waals surface area contributed by atoms with Gasteiger partial charge in [0.1, 0.15) is 17.6 Å². The molecular weight excluding hydrogens is 294 g/mol. The summed E-state index contributed by atoms with van der Waals surface area (Å²) in [6, 6.07) is 6.03. The average Bonchev–Trinajstić information content (AvgIpc) is 2.90. The Bertz CT molecular complexity index is 559. The third-order valence-corrected chi connectivity index (χ3v) is 4.11. The minimum atomic E-state index is 0.380. The molecule has 2 aromatic heterocycles. The number of ether oxygens (including phenoxy) is 1. The molecule has 2 aromatic rings. The van der Waals surface area contributed by atoms with Gasteiger partial charge in [0.2, 0.25) is 0 Å². The van der Waals surface area contributed by atoms with Gasteiger partial charge in [-0.25, -0.2) is 9.97 Å². The summed E-state index contributed by atoms with van der Waals surface area (Å²) >= 11 is 7.80. The first-order chi connectivity index (χ1) is 9.71. The number of nitrogens with one attached hydrogen (secondary N) is 1. The van der Waals surface area contributed by atoms with Crippen LogP contribution in [-0.4, -0.2) is 16.6 Å². The molecule has 2 rings (SSSR count). The van der Waals surface area contributed by atoms with Gasteiger partial charge >= 0.3 is 0 Å². The van der Waals surface area contributed by atoms with E-state index >= 15 is 0 Å². The summed E-state index contributed by atoms with van der Waals surface area (Å²) < 4.78 is 5.30. The Morgan fingerprint density at radius 1 is 1.25 bits per heavy atom. The molecule has 108 valence electrons. The lowest BCUT2D eigenvalue weighted by atomic mass is 10.3. The lowest BCUT2D eigenvalue weighted by Crippen LogP contribution is -2.05. The van der Waals surface area contributed by atoms with E-state index in [0.29, 0.717) is 24.2 Å². The number of anilines is 1. The van der Waals surface area contributed by atoms with Gasteiger partial charge in [0, 0.05) is 22.4 Å². The average molecular weight is 312 g/mol. The highest BCUT2D eigenvalue weighted by molar-refractivity contribution is 7.12. The highest BCUT2D eigenvalue weighted by Gasteiger charge is 2.04. The van der Waals surface area contributed by atoms with Crippen molar-refractivity contribution < 1.29 is 4.74 Å². The maximum Gasteiger partial charge on any atom is 0.158 e. The predicted octanol–water partition coefficient (Wildman–Crippen LogP) is 3.90. The first kappa shape index (κ1) is 15.2. The van der Waals surface area contributed by atoms with E-state index in [1.807, 2.05) is 18.3 Å². The molecular formula is C14H18ClN3OS. The molecule has 0 radical (unpaired) electrons. The van der Waals surface area contributed by atoms with Crippen LogP contribution in [0.3, 0.4) is 0 Å². The van der Waals surface area contributed by atoms with Crippen molar-refractivity contribution >= 4 is 28.8 Å². The van der Waals surface area contributed by atoms with Gasteiger partial charge in [-0.05, 0) is 25.5 Å². The minimum absolute atomic E-state index is 0.380. The van der Waals surface area contributed by atoms with Crippen molar-refractivity contribution in [2.24, 2.45) is 0 Å². The summed E-state index contributed by atoms with van der Waals surface area (Å²) in [4.78, 5) is 11.2. The maximum absolute atomic E-state index is 5.99. The molecule has 0 saturated carbocycles. The number of nitrogens with zero attached hydrogens (tertiary/aromatic N) is 2. The quantitative estimate of drug-likeness (QED) is 0.788. The number of hydrogen-bond acceptors (Lipinski definition) is 5. The zero-order valence-electron chi connectivity index (χ0n) is 11.6. The molecule has 6 heteroatoms. The molecule has 0 unspecified atom stereocenters. The van der Waals surface area contributed by atoms with Crippen molar-refractivity contribution in [3.05, 3.63) is 38.9 Å². The SMILES string of the molecule is CCOCc1nc(Cl)cc(NCc2ccc(CC)s2)n1. The summed E-state index contributed by atoms with van der Waals surface area (Å²) in [5.74, 6) is 1.33. The molecule has 0 fully saturated rings. The van der Waals surface area contributed by atoms with Gasteiger partial charge in [-0.2, -0.15) is 0 Å². The highest BCUT2D eigenvalue weighted by Crippen LogP contribution is 2.19. The smallest absolute Gasteiger partial charge is 0.158 e. The van der Waals surface area contributed by atoms with E-state index in [9.17, 15) is 0 Å². The van der Waals surface area contributed by atoms with E-state index in [1.54, 1.807) is 6.07 Å². The van der Waals surface area contributed by atoms with Crippen molar-refractivity contribution in [2.75, 3.05) is 11.9 Å². The van der Waals surface area contributed by atoms with Gasteiger partial charge in [-0.15, -0.1) is 11.3 Å². The van der Waals surface area contributed by atoms with Gasteiger partial charge < -0.3 is 10.1 Å². The van der Waals surface area contributed by atoms with E-state index in [4.69, 9.17) is 16.3 Å². The summed E-state index contributed by atoms with van der Waals surface area (Å²) in [6.45, 7) is 5.85. The third-order valence-electron chi connectivity index (χ3n) is 2.69. The normalized spacial score (nSPS) is 10.8. The van der Waals surface area contributed by atoms with Crippen LogP contribution in [0.15, 0.2) is 18.2 Å². The molecule has 0 bridgehead atoms. The first-order valence-corrected chi connectivity index (χ1v) is 7.83. The summed E-state index contributed by atoms with van der Waals surface area (Å²) in [5.41, 5.74) is 0. The van der Waals surface area contributed by atoms with Gasteiger partial charge in [0.25, 0.3) is 0 Å². The predicted molar refractivity (Wildman–Crippen MR) is 83.4 cm³/mol. The van der Waals surface area contributed by atoms with E-state index < -0.39 is 0 Å². The number of aromatic nitrogens is 2. The molecule has 20 heavy (non-hydrogen) atoms. The largest absolute Gasteiger partial charge is 0.374 e. The molecule has 0 spiro atoms. The van der Waals surface area contributed by atoms with Crippen LogP contribution in [0.5, 0.6) is 0 Å². The lowest BCUT2D eigenvalue weighted by Gasteiger charge is -2.07. The monoisotopic (exact) mass is 311 g/mol. The third kappa shape index (κ3) is 4.44. The van der Waals surface area contributed by atoms with Crippen LogP contribution >= 0.6 is 22.9 Å². The zero-order chi connectivity index (χ0) is 14.4. The lowest BCUT2D eigenvalue weighted by molar-refractivity contribution is 0.128. The van der Waals surface area contributed by atoms with Crippen LogP contribution in [0.1, 0.15) is 29.4 Å². The Labute approximate surface area is 128 Å². The molecule has 0 atom stereocenters. The number of aryl methyl sites for hydroxylation is 1. The topological polar surface area (TPSA) is 47.0 Å². The summed E-state index contributed by atoms with van der Waals surface area (Å²) in [6.07, 6.45) is 1.07. The number of rotatable bonds is 7. The molecule has 0 aliphatic rings. The Balaban J connectivity index is 1.99. The van der Waals surface area contributed by atoms with Crippen molar-refractivity contribution in [1.29, 1.82) is 0 Å². The van der Waals surface area contributed by atoms with Crippen LogP contribution < -0.4 is 5.32 Å². The van der Waals surface area contributed by atoms with Crippen molar-refractivity contribution in [2.45, 2.75) is 33.4 Å². The summed E-state index contributed by atoms with van der Waals surface area (Å²) in [7, 11) is 0. The maximum atomic E-state index is 5.99. The molecule has 0 saturated heterocycles. The van der Waals surface area contributed by atoms with Gasteiger partial charge in [0.15, 0.2) is 5.82 Å². The van der Waals surface area contributed by atoms with Crippen molar-refractivity contribution in [1.82, 2.24) is 9.97 Å². The fourth-order valence-corrected chi connectivity index (χ4v) is 2.80. The highest BCUT2D eigenvalue weighted by atomic mass is 35.5. The molecule has 0 aliphatic heterocycles.